The van der Waals surface area contributed by atoms with E-state index in [2.05, 4.69) is 27.3 Å². The zero-order chi connectivity index (χ0) is 15.2. The van der Waals surface area contributed by atoms with Gasteiger partial charge in [-0.05, 0) is 42.2 Å². The average Bonchev–Trinajstić information content (AvgIpc) is 2.78. The molecule has 0 bridgehead atoms. The van der Waals surface area contributed by atoms with Crippen LogP contribution in [0, 0.1) is 6.92 Å². The number of hydrogen-bond donors (Lipinski definition) is 1. The fourth-order valence-electron chi connectivity index (χ4n) is 3.12. The lowest BCUT2D eigenvalue weighted by atomic mass is 9.95. The molecule has 1 amide bonds. The van der Waals surface area contributed by atoms with Gasteiger partial charge < -0.3 is 4.90 Å². The second kappa shape index (κ2) is 6.42. The molecule has 1 unspecified atom stereocenters. The van der Waals surface area contributed by atoms with E-state index < -0.39 is 24.9 Å². The second-order valence-corrected chi connectivity index (χ2v) is 6.78. The molecule has 2 aliphatic rings. The number of carbonyl (C=O) groups is 1. The van der Waals surface area contributed by atoms with Crippen LogP contribution in [0.4, 0.5) is 8.78 Å². The summed E-state index contributed by atoms with van der Waals surface area (Å²) in [6.07, 6.45) is 0.374. The SMILES string of the molecule is Cc1cc(Br)cc2c1CN(C(=O)C1CC(F)(F)CN1)CC2.Cl. The molecule has 2 aliphatic heterocycles. The van der Waals surface area contributed by atoms with E-state index in [4.69, 9.17) is 0 Å². The number of aryl methyl sites for hydroxylation is 1. The minimum atomic E-state index is -2.77. The van der Waals surface area contributed by atoms with E-state index >= 15 is 0 Å². The maximum atomic E-state index is 13.2. The van der Waals surface area contributed by atoms with E-state index in [9.17, 15) is 13.6 Å². The number of hydrogen-bond acceptors (Lipinski definition) is 2. The Morgan fingerprint density at radius 1 is 1.45 bits per heavy atom. The van der Waals surface area contributed by atoms with Crippen LogP contribution in [0.5, 0.6) is 0 Å². The summed E-state index contributed by atoms with van der Waals surface area (Å²) in [5, 5.41) is 2.64. The molecule has 1 aromatic rings. The van der Waals surface area contributed by atoms with Crippen molar-refractivity contribution in [2.45, 2.75) is 38.3 Å². The van der Waals surface area contributed by atoms with Crippen LogP contribution in [0.25, 0.3) is 0 Å². The van der Waals surface area contributed by atoms with Gasteiger partial charge in [0.15, 0.2) is 0 Å². The van der Waals surface area contributed by atoms with Crippen LogP contribution in [0.1, 0.15) is 23.1 Å². The maximum absolute atomic E-state index is 13.2. The Kier molecular flexibility index (Phi) is 5.14. The van der Waals surface area contributed by atoms with Gasteiger partial charge >= 0.3 is 0 Å². The van der Waals surface area contributed by atoms with Crippen LogP contribution < -0.4 is 5.32 Å². The van der Waals surface area contributed by atoms with Crippen molar-refractivity contribution in [3.8, 4) is 0 Å². The summed E-state index contributed by atoms with van der Waals surface area (Å²) in [6, 6.07) is 3.35. The zero-order valence-electron chi connectivity index (χ0n) is 12.2. The van der Waals surface area contributed by atoms with Crippen molar-refractivity contribution in [3.05, 3.63) is 33.3 Å². The molecular weight excluding hydrogens is 378 g/mol. The largest absolute Gasteiger partial charge is 0.337 e. The third kappa shape index (κ3) is 3.44. The number of alkyl halides is 2. The lowest BCUT2D eigenvalue weighted by Gasteiger charge is -2.32. The van der Waals surface area contributed by atoms with Crippen molar-refractivity contribution in [1.29, 1.82) is 0 Å². The van der Waals surface area contributed by atoms with Crippen molar-refractivity contribution in [2.24, 2.45) is 0 Å². The summed E-state index contributed by atoms with van der Waals surface area (Å²) in [4.78, 5) is 14.1. The first-order valence-electron chi connectivity index (χ1n) is 7.04. The molecular formula is C15H18BrClF2N2O. The smallest absolute Gasteiger partial charge is 0.262 e. The molecule has 22 heavy (non-hydrogen) atoms. The monoisotopic (exact) mass is 394 g/mol. The van der Waals surface area contributed by atoms with Gasteiger partial charge in [0.1, 0.15) is 0 Å². The Hall–Kier alpha value is -0.720. The quantitative estimate of drug-likeness (QED) is 0.793. The Morgan fingerprint density at radius 2 is 2.18 bits per heavy atom. The van der Waals surface area contributed by atoms with Crippen molar-refractivity contribution >= 4 is 34.2 Å². The molecule has 0 aliphatic carbocycles. The summed E-state index contributed by atoms with van der Waals surface area (Å²) in [6.45, 7) is 2.71. The molecule has 3 nitrogen and oxygen atoms in total. The van der Waals surface area contributed by atoms with Gasteiger partial charge in [0.25, 0.3) is 5.92 Å². The Balaban J connectivity index is 0.00000176. The predicted octanol–water partition coefficient (Wildman–Crippen LogP) is 3.06. The number of halogens is 4. The van der Waals surface area contributed by atoms with Gasteiger partial charge in [-0.25, -0.2) is 8.78 Å². The number of amides is 1. The third-order valence-corrected chi connectivity index (χ3v) is 4.71. The van der Waals surface area contributed by atoms with Gasteiger partial charge in [-0.1, -0.05) is 15.9 Å². The molecule has 0 aromatic heterocycles. The van der Waals surface area contributed by atoms with Crippen molar-refractivity contribution in [1.82, 2.24) is 10.2 Å². The van der Waals surface area contributed by atoms with E-state index in [-0.39, 0.29) is 18.3 Å². The van der Waals surface area contributed by atoms with Gasteiger partial charge in [0.05, 0.1) is 12.6 Å². The maximum Gasteiger partial charge on any atom is 0.262 e. The molecule has 0 radical (unpaired) electrons. The highest BCUT2D eigenvalue weighted by Crippen LogP contribution is 2.29. The molecule has 2 heterocycles. The Morgan fingerprint density at radius 3 is 2.82 bits per heavy atom. The first-order valence-corrected chi connectivity index (χ1v) is 7.83. The van der Waals surface area contributed by atoms with Gasteiger partial charge in [-0.3, -0.25) is 10.1 Å². The van der Waals surface area contributed by atoms with Crippen LogP contribution in [0.2, 0.25) is 0 Å². The average molecular weight is 396 g/mol. The van der Waals surface area contributed by atoms with Crippen molar-refractivity contribution in [2.75, 3.05) is 13.1 Å². The van der Waals surface area contributed by atoms with Gasteiger partial charge in [-0.2, -0.15) is 0 Å². The number of benzene rings is 1. The lowest BCUT2D eigenvalue weighted by Crippen LogP contribution is -2.45. The van der Waals surface area contributed by atoms with Crippen LogP contribution in [0.3, 0.4) is 0 Å². The molecule has 122 valence electrons. The Labute approximate surface area is 143 Å². The van der Waals surface area contributed by atoms with E-state index in [1.54, 1.807) is 4.90 Å². The van der Waals surface area contributed by atoms with Gasteiger partial charge in [-0.15, -0.1) is 12.4 Å². The van der Waals surface area contributed by atoms with Gasteiger partial charge in [0, 0.05) is 24.0 Å². The number of fused-ring (bicyclic) bond motifs is 1. The summed E-state index contributed by atoms with van der Waals surface area (Å²) in [5.41, 5.74) is 3.50. The summed E-state index contributed by atoms with van der Waals surface area (Å²) in [5.74, 6) is -2.98. The molecule has 3 rings (SSSR count). The molecule has 1 saturated heterocycles. The standard InChI is InChI=1S/C15H17BrF2N2O.ClH/c1-9-4-11(16)5-10-2-3-20(7-12(9)10)14(21)13-6-15(17,18)8-19-13;/h4-5,13,19H,2-3,6-8H2,1H3;1H. The predicted molar refractivity (Wildman–Crippen MR) is 86.6 cm³/mol. The topological polar surface area (TPSA) is 32.3 Å². The number of carbonyl (C=O) groups excluding carboxylic acids is 1. The van der Waals surface area contributed by atoms with Crippen LogP contribution in [-0.2, 0) is 17.8 Å². The lowest BCUT2D eigenvalue weighted by molar-refractivity contribution is -0.134. The van der Waals surface area contributed by atoms with Crippen LogP contribution >= 0.6 is 28.3 Å². The Bertz CT molecular complexity index is 597. The molecule has 1 fully saturated rings. The summed E-state index contributed by atoms with van der Waals surface area (Å²) >= 11 is 3.48. The van der Waals surface area contributed by atoms with Crippen molar-refractivity contribution in [3.63, 3.8) is 0 Å². The molecule has 7 heteroatoms. The van der Waals surface area contributed by atoms with E-state index in [1.807, 2.05) is 13.0 Å². The fraction of sp³-hybridized carbons (Fsp3) is 0.533. The van der Waals surface area contributed by atoms with Gasteiger partial charge in [0.2, 0.25) is 5.91 Å². The fourth-order valence-corrected chi connectivity index (χ4v) is 3.74. The highest BCUT2D eigenvalue weighted by molar-refractivity contribution is 9.10. The van der Waals surface area contributed by atoms with E-state index in [0.29, 0.717) is 13.1 Å². The minimum Gasteiger partial charge on any atom is -0.337 e. The summed E-state index contributed by atoms with van der Waals surface area (Å²) in [7, 11) is 0. The first kappa shape index (κ1) is 17.6. The number of rotatable bonds is 1. The van der Waals surface area contributed by atoms with Crippen molar-refractivity contribution < 1.29 is 13.6 Å². The zero-order valence-corrected chi connectivity index (χ0v) is 14.6. The first-order chi connectivity index (χ1) is 9.85. The molecule has 0 saturated carbocycles. The molecule has 1 N–H and O–H groups in total. The normalized spacial score (nSPS) is 22.9. The van der Waals surface area contributed by atoms with E-state index in [0.717, 1.165) is 22.0 Å². The number of nitrogens with zero attached hydrogens (tertiary/aromatic N) is 1. The molecule has 1 aromatic carbocycles. The minimum absolute atomic E-state index is 0. The molecule has 0 spiro atoms. The van der Waals surface area contributed by atoms with Crippen LogP contribution in [0.15, 0.2) is 16.6 Å². The summed E-state index contributed by atoms with van der Waals surface area (Å²) < 4.78 is 27.5. The highest BCUT2D eigenvalue weighted by Gasteiger charge is 2.43. The molecule has 1 atom stereocenters. The number of nitrogens with one attached hydrogen (secondary N) is 1. The van der Waals surface area contributed by atoms with E-state index in [1.165, 1.54) is 5.56 Å². The highest BCUT2D eigenvalue weighted by atomic mass is 79.9. The van der Waals surface area contributed by atoms with Crippen LogP contribution in [-0.4, -0.2) is 35.9 Å². The second-order valence-electron chi connectivity index (χ2n) is 5.86. The third-order valence-electron chi connectivity index (χ3n) is 4.25.